The summed E-state index contributed by atoms with van der Waals surface area (Å²) in [7, 11) is 3.27. The molecular formula is C29H42N2O6. The lowest BCUT2D eigenvalue weighted by molar-refractivity contribution is -0.125. The summed E-state index contributed by atoms with van der Waals surface area (Å²) in [6.45, 7) is 9.60. The van der Waals surface area contributed by atoms with Crippen LogP contribution in [-0.2, 0) is 27.2 Å². The van der Waals surface area contributed by atoms with Gasteiger partial charge in [0.15, 0.2) is 18.1 Å². The highest BCUT2D eigenvalue weighted by atomic mass is 16.5. The van der Waals surface area contributed by atoms with Gasteiger partial charge < -0.3 is 29.6 Å². The fourth-order valence-corrected chi connectivity index (χ4v) is 3.77. The monoisotopic (exact) mass is 514 g/mol. The van der Waals surface area contributed by atoms with Gasteiger partial charge in [-0.25, -0.2) is 0 Å². The van der Waals surface area contributed by atoms with E-state index in [2.05, 4.69) is 22.8 Å². The van der Waals surface area contributed by atoms with Crippen molar-refractivity contribution in [3.05, 3.63) is 53.6 Å². The van der Waals surface area contributed by atoms with Gasteiger partial charge >= 0.3 is 0 Å². The van der Waals surface area contributed by atoms with Crippen molar-refractivity contribution in [2.24, 2.45) is 0 Å². The maximum atomic E-state index is 12.4. The molecule has 0 aliphatic carbocycles. The van der Waals surface area contributed by atoms with Crippen LogP contribution >= 0.6 is 0 Å². The van der Waals surface area contributed by atoms with Crippen LogP contribution < -0.4 is 24.8 Å². The standard InChI is InChI=1S/C29H42N2O6/c1-21(32)31-28(2,3)20-37-29(4,5)19-30-27(33)18-36-24-13-9-12-22(16-24)10-8-11-23-14-15-25(34-6)26(17-23)35-7/h9,12-17H,8,10-11,18-20H2,1-7H3,(H,30,33)(H,31,32). The van der Waals surface area contributed by atoms with E-state index in [0.717, 1.165) is 36.3 Å². The lowest BCUT2D eigenvalue weighted by atomic mass is 10.0. The molecular weight excluding hydrogens is 472 g/mol. The number of hydrogen-bond donors (Lipinski definition) is 2. The third-order valence-electron chi connectivity index (χ3n) is 5.70. The summed E-state index contributed by atoms with van der Waals surface area (Å²) in [5.41, 5.74) is 1.24. The van der Waals surface area contributed by atoms with E-state index in [9.17, 15) is 9.59 Å². The van der Waals surface area contributed by atoms with E-state index in [1.807, 2.05) is 58.0 Å². The predicted octanol–water partition coefficient (Wildman–Crippen LogP) is 4.08. The second-order valence-electron chi connectivity index (χ2n) is 10.4. The molecule has 0 saturated carbocycles. The zero-order chi connectivity index (χ0) is 27.5. The van der Waals surface area contributed by atoms with Gasteiger partial charge in [0.1, 0.15) is 5.75 Å². The number of ether oxygens (including phenoxy) is 4. The maximum Gasteiger partial charge on any atom is 0.258 e. The quantitative estimate of drug-likeness (QED) is 0.372. The van der Waals surface area contributed by atoms with Crippen molar-refractivity contribution in [2.75, 3.05) is 34.0 Å². The van der Waals surface area contributed by atoms with Crippen LogP contribution in [0.4, 0.5) is 0 Å². The first-order chi connectivity index (χ1) is 17.4. The Balaban J connectivity index is 1.76. The molecule has 0 aliphatic heterocycles. The summed E-state index contributed by atoms with van der Waals surface area (Å²) >= 11 is 0. The first kappa shape index (κ1) is 30.0. The molecule has 2 N–H and O–H groups in total. The smallest absolute Gasteiger partial charge is 0.258 e. The maximum absolute atomic E-state index is 12.4. The van der Waals surface area contributed by atoms with Crippen LogP contribution in [0.1, 0.15) is 52.2 Å². The minimum atomic E-state index is -0.598. The molecule has 0 radical (unpaired) electrons. The zero-order valence-corrected chi connectivity index (χ0v) is 23.2. The third kappa shape index (κ3) is 11.1. The van der Waals surface area contributed by atoms with Crippen LogP contribution in [0, 0.1) is 0 Å². The van der Waals surface area contributed by atoms with E-state index in [1.54, 1.807) is 14.2 Å². The zero-order valence-electron chi connectivity index (χ0n) is 23.2. The minimum Gasteiger partial charge on any atom is -0.493 e. The Bertz CT molecular complexity index is 1030. The SMILES string of the molecule is COc1ccc(CCCc2cccc(OCC(=O)NCC(C)(C)OCC(C)(C)NC(C)=O)c2)cc1OC. The van der Waals surface area contributed by atoms with Crippen molar-refractivity contribution in [1.82, 2.24) is 10.6 Å². The van der Waals surface area contributed by atoms with Crippen molar-refractivity contribution >= 4 is 11.8 Å². The van der Waals surface area contributed by atoms with E-state index < -0.39 is 11.1 Å². The molecule has 8 heteroatoms. The van der Waals surface area contributed by atoms with Gasteiger partial charge in [-0.05, 0) is 82.3 Å². The Kier molecular flexibility index (Phi) is 11.2. The summed E-state index contributed by atoms with van der Waals surface area (Å²) in [4.78, 5) is 23.7. The van der Waals surface area contributed by atoms with Gasteiger partial charge in [-0.15, -0.1) is 0 Å². The number of aryl methyl sites for hydroxylation is 2. The summed E-state index contributed by atoms with van der Waals surface area (Å²) in [6, 6.07) is 13.8. The van der Waals surface area contributed by atoms with Gasteiger partial charge in [0.2, 0.25) is 5.91 Å². The Morgan fingerprint density at radius 1 is 0.892 bits per heavy atom. The molecule has 0 saturated heterocycles. The Labute approximate surface area is 221 Å². The van der Waals surface area contributed by atoms with Crippen molar-refractivity contribution < 1.29 is 28.5 Å². The molecule has 0 aliphatic rings. The second kappa shape index (κ2) is 13.9. The Morgan fingerprint density at radius 2 is 1.57 bits per heavy atom. The molecule has 0 unspecified atom stereocenters. The average Bonchev–Trinajstić information content (AvgIpc) is 2.84. The van der Waals surface area contributed by atoms with E-state index >= 15 is 0 Å². The molecule has 2 rings (SSSR count). The molecule has 37 heavy (non-hydrogen) atoms. The van der Waals surface area contributed by atoms with Crippen LogP contribution in [0.25, 0.3) is 0 Å². The molecule has 0 bridgehead atoms. The van der Waals surface area contributed by atoms with Gasteiger partial charge in [0.05, 0.1) is 32.0 Å². The van der Waals surface area contributed by atoms with E-state index in [-0.39, 0.29) is 18.4 Å². The number of benzene rings is 2. The lowest BCUT2D eigenvalue weighted by Crippen LogP contribution is -2.50. The normalized spacial score (nSPS) is 11.5. The molecule has 0 heterocycles. The van der Waals surface area contributed by atoms with Gasteiger partial charge in [-0.1, -0.05) is 18.2 Å². The molecule has 0 aromatic heterocycles. The van der Waals surface area contributed by atoms with Crippen LogP contribution in [0.2, 0.25) is 0 Å². The summed E-state index contributed by atoms with van der Waals surface area (Å²) in [5, 5.41) is 5.71. The summed E-state index contributed by atoms with van der Waals surface area (Å²) < 4.78 is 22.3. The highest BCUT2D eigenvalue weighted by molar-refractivity contribution is 5.77. The fourth-order valence-electron chi connectivity index (χ4n) is 3.77. The third-order valence-corrected chi connectivity index (χ3v) is 5.70. The van der Waals surface area contributed by atoms with Gasteiger partial charge in [-0.3, -0.25) is 9.59 Å². The lowest BCUT2D eigenvalue weighted by Gasteiger charge is -2.32. The number of hydrogen-bond acceptors (Lipinski definition) is 6. The van der Waals surface area contributed by atoms with Crippen molar-refractivity contribution in [3.8, 4) is 17.2 Å². The molecule has 0 spiro atoms. The van der Waals surface area contributed by atoms with E-state index in [0.29, 0.717) is 18.9 Å². The molecule has 0 atom stereocenters. The topological polar surface area (TPSA) is 95.1 Å². The molecule has 2 aromatic carbocycles. The second-order valence-corrected chi connectivity index (χ2v) is 10.4. The highest BCUT2D eigenvalue weighted by Crippen LogP contribution is 2.28. The fraction of sp³-hybridized carbons (Fsp3) is 0.517. The minimum absolute atomic E-state index is 0.0808. The predicted molar refractivity (Wildman–Crippen MR) is 144 cm³/mol. The first-order valence-corrected chi connectivity index (χ1v) is 12.5. The van der Waals surface area contributed by atoms with Crippen molar-refractivity contribution in [1.29, 1.82) is 0 Å². The van der Waals surface area contributed by atoms with Crippen LogP contribution in [0.15, 0.2) is 42.5 Å². The van der Waals surface area contributed by atoms with E-state index in [4.69, 9.17) is 18.9 Å². The number of carbonyl (C=O) groups is 2. The van der Waals surface area contributed by atoms with Crippen LogP contribution in [-0.4, -0.2) is 56.9 Å². The number of methoxy groups -OCH3 is 2. The van der Waals surface area contributed by atoms with Gasteiger partial charge in [-0.2, -0.15) is 0 Å². The van der Waals surface area contributed by atoms with E-state index in [1.165, 1.54) is 12.5 Å². The highest BCUT2D eigenvalue weighted by Gasteiger charge is 2.26. The van der Waals surface area contributed by atoms with Gasteiger partial charge in [0, 0.05) is 13.5 Å². The molecule has 204 valence electrons. The summed E-state index contributed by atoms with van der Waals surface area (Å²) in [5.74, 6) is 1.78. The van der Waals surface area contributed by atoms with Crippen molar-refractivity contribution in [3.63, 3.8) is 0 Å². The number of carbonyl (C=O) groups excluding carboxylic acids is 2. The average molecular weight is 515 g/mol. The Morgan fingerprint density at radius 3 is 2.22 bits per heavy atom. The molecule has 0 fully saturated rings. The first-order valence-electron chi connectivity index (χ1n) is 12.5. The number of nitrogens with one attached hydrogen (secondary N) is 2. The Hall–Kier alpha value is -3.26. The van der Waals surface area contributed by atoms with Gasteiger partial charge in [0.25, 0.3) is 5.91 Å². The van der Waals surface area contributed by atoms with Crippen LogP contribution in [0.3, 0.4) is 0 Å². The van der Waals surface area contributed by atoms with Crippen molar-refractivity contribution in [2.45, 2.75) is 65.0 Å². The largest absolute Gasteiger partial charge is 0.493 e. The summed E-state index contributed by atoms with van der Waals surface area (Å²) in [6.07, 6.45) is 2.76. The number of amides is 2. The van der Waals surface area contributed by atoms with Crippen LogP contribution in [0.5, 0.6) is 17.2 Å². The molecule has 2 amide bonds. The number of rotatable bonds is 15. The molecule has 8 nitrogen and oxygen atoms in total. The molecule has 2 aromatic rings.